The van der Waals surface area contributed by atoms with Crippen molar-refractivity contribution in [3.8, 4) is 0 Å². The number of ether oxygens (including phenoxy) is 1. The van der Waals surface area contributed by atoms with E-state index in [1.54, 1.807) is 24.3 Å². The molecule has 2 aromatic carbocycles. The summed E-state index contributed by atoms with van der Waals surface area (Å²) in [6.07, 6.45) is 1.13. The number of amides is 4. The van der Waals surface area contributed by atoms with Gasteiger partial charge in [-0.05, 0) is 37.1 Å². The van der Waals surface area contributed by atoms with Gasteiger partial charge in [0.2, 0.25) is 5.91 Å². The Bertz CT molecular complexity index is 1050. The normalized spacial score (nSPS) is 15.2. The highest BCUT2D eigenvalue weighted by atomic mass is 19.2. The fourth-order valence-electron chi connectivity index (χ4n) is 3.34. The van der Waals surface area contributed by atoms with Crippen LogP contribution in [0.4, 0.5) is 25.0 Å². The van der Waals surface area contributed by atoms with Crippen LogP contribution in [0.2, 0.25) is 0 Å². The molecular formula is C23H24F2N4O5. The minimum absolute atomic E-state index is 0.0303. The average Bonchev–Trinajstić information content (AvgIpc) is 2.84. The molecule has 9 nitrogen and oxygen atoms in total. The van der Waals surface area contributed by atoms with E-state index >= 15 is 0 Å². The van der Waals surface area contributed by atoms with E-state index in [-0.39, 0.29) is 18.3 Å². The Morgan fingerprint density at radius 1 is 0.941 bits per heavy atom. The van der Waals surface area contributed by atoms with Crippen molar-refractivity contribution in [1.29, 1.82) is 0 Å². The van der Waals surface area contributed by atoms with Crippen molar-refractivity contribution in [2.24, 2.45) is 5.92 Å². The fraction of sp³-hybridized carbons (Fsp3) is 0.304. The number of piperidine rings is 1. The standard InChI is InChI=1S/C23H24F2N4O5/c24-18-9-8-17(11-19(18)25)27-20(30)12-26-21(31)14-34-22(32)15-5-4-10-29(13-15)23(33)28-16-6-2-1-3-7-16/h1-3,6-9,11,15H,4-5,10,12-14H2,(H,26,31)(H,27,30)(H,28,33). The molecule has 0 spiro atoms. The lowest BCUT2D eigenvalue weighted by atomic mass is 9.98. The molecule has 2 aromatic rings. The monoisotopic (exact) mass is 474 g/mol. The first-order chi connectivity index (χ1) is 16.3. The third-order valence-electron chi connectivity index (χ3n) is 5.06. The molecule has 180 valence electrons. The molecule has 0 bridgehead atoms. The highest BCUT2D eigenvalue weighted by molar-refractivity contribution is 5.95. The molecule has 1 aliphatic rings. The summed E-state index contributed by atoms with van der Waals surface area (Å²) in [5.41, 5.74) is 0.671. The third-order valence-corrected chi connectivity index (χ3v) is 5.06. The van der Waals surface area contributed by atoms with Gasteiger partial charge in [-0.1, -0.05) is 18.2 Å². The molecule has 1 atom stereocenters. The summed E-state index contributed by atoms with van der Waals surface area (Å²) < 4.78 is 31.1. The first-order valence-corrected chi connectivity index (χ1v) is 10.6. The summed E-state index contributed by atoms with van der Waals surface area (Å²) in [5.74, 6) is -4.72. The summed E-state index contributed by atoms with van der Waals surface area (Å²) >= 11 is 0. The van der Waals surface area contributed by atoms with Crippen LogP contribution in [0.1, 0.15) is 12.8 Å². The van der Waals surface area contributed by atoms with E-state index in [1.807, 2.05) is 6.07 Å². The van der Waals surface area contributed by atoms with E-state index in [2.05, 4.69) is 16.0 Å². The Kier molecular flexibility index (Phi) is 8.49. The zero-order valence-corrected chi connectivity index (χ0v) is 18.2. The van der Waals surface area contributed by atoms with Gasteiger partial charge in [0.15, 0.2) is 18.2 Å². The largest absolute Gasteiger partial charge is 0.455 e. The molecular weight excluding hydrogens is 450 g/mol. The van der Waals surface area contributed by atoms with E-state index < -0.39 is 48.5 Å². The number of halogens is 2. The van der Waals surface area contributed by atoms with Crippen molar-refractivity contribution in [2.45, 2.75) is 12.8 Å². The molecule has 0 aliphatic carbocycles. The molecule has 3 N–H and O–H groups in total. The van der Waals surface area contributed by atoms with Crippen molar-refractivity contribution in [3.05, 3.63) is 60.2 Å². The van der Waals surface area contributed by atoms with Crippen LogP contribution in [-0.4, -0.2) is 55.0 Å². The van der Waals surface area contributed by atoms with Gasteiger partial charge >= 0.3 is 12.0 Å². The van der Waals surface area contributed by atoms with Crippen LogP contribution < -0.4 is 16.0 Å². The molecule has 0 radical (unpaired) electrons. The molecule has 1 aliphatic heterocycles. The number of para-hydroxylation sites is 1. The van der Waals surface area contributed by atoms with Gasteiger partial charge in [-0.15, -0.1) is 0 Å². The Labute approximate surface area is 194 Å². The number of carbonyl (C=O) groups excluding carboxylic acids is 4. The number of nitrogens with zero attached hydrogens (tertiary/aromatic N) is 1. The first-order valence-electron chi connectivity index (χ1n) is 10.6. The zero-order valence-electron chi connectivity index (χ0n) is 18.2. The van der Waals surface area contributed by atoms with Crippen LogP contribution in [0.3, 0.4) is 0 Å². The number of rotatable bonds is 7. The Balaban J connectivity index is 1.38. The van der Waals surface area contributed by atoms with Gasteiger partial charge in [0, 0.05) is 30.5 Å². The highest BCUT2D eigenvalue weighted by Gasteiger charge is 2.30. The molecule has 0 saturated carbocycles. The van der Waals surface area contributed by atoms with Crippen LogP contribution in [0.15, 0.2) is 48.5 Å². The summed E-state index contributed by atoms with van der Waals surface area (Å²) in [7, 11) is 0. The van der Waals surface area contributed by atoms with Crippen LogP contribution in [-0.2, 0) is 19.1 Å². The first kappa shape index (κ1) is 24.6. The number of nitrogens with one attached hydrogen (secondary N) is 3. The van der Waals surface area contributed by atoms with Crippen molar-refractivity contribution >= 4 is 35.2 Å². The molecule has 11 heteroatoms. The van der Waals surface area contributed by atoms with Gasteiger partial charge in [-0.2, -0.15) is 0 Å². The van der Waals surface area contributed by atoms with E-state index in [0.717, 1.165) is 12.1 Å². The Morgan fingerprint density at radius 2 is 1.71 bits per heavy atom. The predicted octanol–water partition coefficient (Wildman–Crippen LogP) is 2.51. The summed E-state index contributed by atoms with van der Waals surface area (Å²) in [5, 5.41) is 7.34. The SMILES string of the molecule is O=C(COC(=O)C1CCCN(C(=O)Nc2ccccc2)C1)NCC(=O)Nc1ccc(F)c(F)c1. The number of urea groups is 1. The molecule has 1 unspecified atom stereocenters. The maximum absolute atomic E-state index is 13.2. The fourth-order valence-corrected chi connectivity index (χ4v) is 3.34. The lowest BCUT2D eigenvalue weighted by molar-refractivity contribution is -0.153. The van der Waals surface area contributed by atoms with Crippen LogP contribution in [0, 0.1) is 17.6 Å². The van der Waals surface area contributed by atoms with Crippen LogP contribution >= 0.6 is 0 Å². The smallest absolute Gasteiger partial charge is 0.321 e. The number of likely N-dealkylation sites (tertiary alicyclic amines) is 1. The topological polar surface area (TPSA) is 117 Å². The summed E-state index contributed by atoms with van der Waals surface area (Å²) in [4.78, 5) is 50.1. The van der Waals surface area contributed by atoms with Gasteiger partial charge < -0.3 is 25.6 Å². The van der Waals surface area contributed by atoms with E-state index in [9.17, 15) is 28.0 Å². The second-order valence-corrected chi connectivity index (χ2v) is 7.64. The Morgan fingerprint density at radius 3 is 2.44 bits per heavy atom. The maximum Gasteiger partial charge on any atom is 0.321 e. The number of carbonyl (C=O) groups is 4. The van der Waals surface area contributed by atoms with Crippen molar-refractivity contribution in [1.82, 2.24) is 10.2 Å². The predicted molar refractivity (Wildman–Crippen MR) is 119 cm³/mol. The molecule has 1 heterocycles. The van der Waals surface area contributed by atoms with Crippen molar-refractivity contribution < 1.29 is 32.7 Å². The number of esters is 1. The third kappa shape index (κ3) is 7.26. The number of hydrogen-bond acceptors (Lipinski definition) is 5. The van der Waals surface area contributed by atoms with E-state index in [1.165, 1.54) is 11.0 Å². The minimum atomic E-state index is -1.12. The molecule has 34 heavy (non-hydrogen) atoms. The lowest BCUT2D eigenvalue weighted by Crippen LogP contribution is -2.45. The number of hydrogen-bond donors (Lipinski definition) is 3. The molecule has 0 aromatic heterocycles. The number of benzene rings is 2. The van der Waals surface area contributed by atoms with Crippen LogP contribution in [0.5, 0.6) is 0 Å². The summed E-state index contributed by atoms with van der Waals surface area (Å²) in [6, 6.07) is 11.5. The van der Waals surface area contributed by atoms with E-state index in [0.29, 0.717) is 25.1 Å². The molecule has 4 amide bonds. The van der Waals surface area contributed by atoms with Gasteiger partial charge in [0.05, 0.1) is 12.5 Å². The molecule has 1 fully saturated rings. The second kappa shape index (κ2) is 11.7. The van der Waals surface area contributed by atoms with Crippen LogP contribution in [0.25, 0.3) is 0 Å². The van der Waals surface area contributed by atoms with Gasteiger partial charge in [-0.3, -0.25) is 14.4 Å². The number of anilines is 2. The average molecular weight is 474 g/mol. The maximum atomic E-state index is 13.2. The highest BCUT2D eigenvalue weighted by Crippen LogP contribution is 2.19. The van der Waals surface area contributed by atoms with Gasteiger partial charge in [0.1, 0.15) is 0 Å². The van der Waals surface area contributed by atoms with Crippen molar-refractivity contribution in [3.63, 3.8) is 0 Å². The summed E-state index contributed by atoms with van der Waals surface area (Å²) in [6.45, 7) is -0.387. The minimum Gasteiger partial charge on any atom is -0.455 e. The lowest BCUT2D eigenvalue weighted by Gasteiger charge is -2.31. The second-order valence-electron chi connectivity index (χ2n) is 7.64. The Hall–Kier alpha value is -4.02. The molecule has 1 saturated heterocycles. The van der Waals surface area contributed by atoms with Gasteiger partial charge in [-0.25, -0.2) is 13.6 Å². The molecule has 3 rings (SSSR count). The van der Waals surface area contributed by atoms with Crippen molar-refractivity contribution in [2.75, 3.05) is 36.9 Å². The quantitative estimate of drug-likeness (QED) is 0.533. The van der Waals surface area contributed by atoms with E-state index in [4.69, 9.17) is 4.74 Å². The zero-order chi connectivity index (χ0) is 24.5. The van der Waals surface area contributed by atoms with Gasteiger partial charge in [0.25, 0.3) is 5.91 Å².